The molecule has 2 saturated heterocycles. The number of carbonyl (C=O) groups is 2. The van der Waals surface area contributed by atoms with Gasteiger partial charge in [-0.15, -0.1) is 0 Å². The molecular weight excluding hydrogens is 368 g/mol. The second kappa shape index (κ2) is 9.09. The zero-order valence-corrected chi connectivity index (χ0v) is 16.4. The second-order valence-corrected chi connectivity index (χ2v) is 7.47. The lowest BCUT2D eigenvalue weighted by Gasteiger charge is -2.15. The van der Waals surface area contributed by atoms with Crippen LogP contribution in [0.1, 0.15) is 41.6 Å². The molecule has 1 atom stereocenters. The van der Waals surface area contributed by atoms with Crippen LogP contribution in [0.3, 0.4) is 0 Å². The van der Waals surface area contributed by atoms with Crippen molar-refractivity contribution in [1.29, 1.82) is 0 Å². The first-order valence-corrected chi connectivity index (χ1v) is 10.2. The van der Waals surface area contributed by atoms with Gasteiger partial charge in [0.1, 0.15) is 12.4 Å². The summed E-state index contributed by atoms with van der Waals surface area (Å²) in [4.78, 5) is 26.0. The van der Waals surface area contributed by atoms with Crippen molar-refractivity contribution in [3.8, 4) is 5.75 Å². The fourth-order valence-electron chi connectivity index (χ4n) is 3.67. The number of benzene rings is 2. The molecule has 6 heteroatoms. The van der Waals surface area contributed by atoms with Crippen LogP contribution in [-0.4, -0.2) is 37.7 Å². The van der Waals surface area contributed by atoms with Crippen molar-refractivity contribution in [3.63, 3.8) is 0 Å². The van der Waals surface area contributed by atoms with E-state index in [2.05, 4.69) is 5.32 Å². The number of carbonyl (C=O) groups excluding carboxylic acids is 2. The molecule has 0 spiro atoms. The molecular formula is C23H26N2O4. The van der Waals surface area contributed by atoms with Crippen molar-refractivity contribution in [2.45, 2.75) is 38.3 Å². The average Bonchev–Trinajstić information content (AvgIpc) is 3.43. The van der Waals surface area contributed by atoms with Gasteiger partial charge in [0.25, 0.3) is 5.91 Å². The summed E-state index contributed by atoms with van der Waals surface area (Å²) < 4.78 is 11.3. The van der Waals surface area contributed by atoms with Crippen LogP contribution in [0.25, 0.3) is 0 Å². The van der Waals surface area contributed by atoms with Crippen molar-refractivity contribution >= 4 is 17.5 Å². The molecule has 1 unspecified atom stereocenters. The van der Waals surface area contributed by atoms with Crippen LogP contribution in [-0.2, 0) is 16.1 Å². The molecule has 6 nitrogen and oxygen atoms in total. The fraction of sp³-hybridized carbons (Fsp3) is 0.391. The molecule has 0 bridgehead atoms. The monoisotopic (exact) mass is 394 g/mol. The van der Waals surface area contributed by atoms with Crippen LogP contribution in [0.4, 0.5) is 5.69 Å². The molecule has 0 aliphatic carbocycles. The Kier molecular flexibility index (Phi) is 6.10. The van der Waals surface area contributed by atoms with Gasteiger partial charge in [-0.25, -0.2) is 0 Å². The van der Waals surface area contributed by atoms with Crippen LogP contribution >= 0.6 is 0 Å². The summed E-state index contributed by atoms with van der Waals surface area (Å²) in [6.45, 7) is 2.59. The molecule has 4 rings (SSSR count). The van der Waals surface area contributed by atoms with Gasteiger partial charge in [-0.1, -0.05) is 12.1 Å². The summed E-state index contributed by atoms with van der Waals surface area (Å²) in [6.07, 6.45) is 3.84. The average molecular weight is 394 g/mol. The Morgan fingerprint density at radius 3 is 2.55 bits per heavy atom. The van der Waals surface area contributed by atoms with Crippen LogP contribution in [0.5, 0.6) is 5.75 Å². The summed E-state index contributed by atoms with van der Waals surface area (Å²) in [6, 6.07) is 14.9. The smallest absolute Gasteiger partial charge is 0.251 e. The lowest BCUT2D eigenvalue weighted by atomic mass is 10.1. The maximum absolute atomic E-state index is 12.4. The number of hydrogen-bond acceptors (Lipinski definition) is 4. The van der Waals surface area contributed by atoms with E-state index in [0.717, 1.165) is 49.4 Å². The molecule has 2 aromatic carbocycles. The molecule has 152 valence electrons. The number of rotatable bonds is 7. The van der Waals surface area contributed by atoms with E-state index in [1.807, 2.05) is 36.4 Å². The van der Waals surface area contributed by atoms with Crippen molar-refractivity contribution in [2.75, 3.05) is 24.7 Å². The predicted molar refractivity (Wildman–Crippen MR) is 110 cm³/mol. The SMILES string of the molecule is O=C(NCc1ccc(OCC2CCCO2)cc1)c1ccc(N2CCCC2=O)cc1. The molecule has 2 aliphatic rings. The lowest BCUT2D eigenvalue weighted by molar-refractivity contribution is -0.117. The number of anilines is 1. The molecule has 0 radical (unpaired) electrons. The lowest BCUT2D eigenvalue weighted by Crippen LogP contribution is -2.25. The van der Waals surface area contributed by atoms with Gasteiger partial charge in [0.15, 0.2) is 0 Å². The summed E-state index contributed by atoms with van der Waals surface area (Å²) >= 11 is 0. The van der Waals surface area contributed by atoms with E-state index in [9.17, 15) is 9.59 Å². The second-order valence-electron chi connectivity index (χ2n) is 7.47. The first-order valence-electron chi connectivity index (χ1n) is 10.2. The normalized spacial score (nSPS) is 18.8. The maximum atomic E-state index is 12.4. The molecule has 2 amide bonds. The largest absolute Gasteiger partial charge is 0.491 e. The minimum absolute atomic E-state index is 0.136. The van der Waals surface area contributed by atoms with E-state index >= 15 is 0 Å². The topological polar surface area (TPSA) is 67.9 Å². The molecule has 29 heavy (non-hydrogen) atoms. The number of nitrogens with one attached hydrogen (secondary N) is 1. The molecule has 2 fully saturated rings. The summed E-state index contributed by atoms with van der Waals surface area (Å²) in [5, 5.41) is 2.93. The van der Waals surface area contributed by atoms with Crippen molar-refractivity contribution in [3.05, 3.63) is 59.7 Å². The zero-order valence-electron chi connectivity index (χ0n) is 16.4. The van der Waals surface area contributed by atoms with E-state index < -0.39 is 0 Å². The van der Waals surface area contributed by atoms with Gasteiger partial charge in [0, 0.05) is 37.4 Å². The van der Waals surface area contributed by atoms with Gasteiger partial charge < -0.3 is 19.7 Å². The van der Waals surface area contributed by atoms with Crippen LogP contribution in [0.2, 0.25) is 0 Å². The highest BCUT2D eigenvalue weighted by Crippen LogP contribution is 2.22. The fourth-order valence-corrected chi connectivity index (χ4v) is 3.67. The molecule has 0 saturated carbocycles. The van der Waals surface area contributed by atoms with E-state index in [-0.39, 0.29) is 17.9 Å². The third-order valence-corrected chi connectivity index (χ3v) is 5.35. The van der Waals surface area contributed by atoms with Crippen molar-refractivity contribution in [1.82, 2.24) is 5.32 Å². The van der Waals surface area contributed by atoms with Crippen LogP contribution in [0, 0.1) is 0 Å². The molecule has 0 aromatic heterocycles. The van der Waals surface area contributed by atoms with E-state index in [1.165, 1.54) is 0 Å². The Morgan fingerprint density at radius 2 is 1.90 bits per heavy atom. The Balaban J connectivity index is 1.26. The Bertz CT molecular complexity index is 842. The number of hydrogen-bond donors (Lipinski definition) is 1. The molecule has 2 aromatic rings. The standard InChI is InChI=1S/C23H26N2O4/c26-22-4-1-13-25(22)19-9-7-18(8-10-19)23(27)24-15-17-5-11-20(12-6-17)29-16-21-3-2-14-28-21/h5-12,21H,1-4,13-16H2,(H,24,27). The molecule has 2 aliphatic heterocycles. The highest BCUT2D eigenvalue weighted by molar-refractivity contribution is 5.97. The summed E-state index contributed by atoms with van der Waals surface area (Å²) in [5.74, 6) is 0.816. The van der Waals surface area contributed by atoms with Gasteiger partial charge in [0.05, 0.1) is 6.10 Å². The number of ether oxygens (including phenoxy) is 2. The quantitative estimate of drug-likeness (QED) is 0.782. The number of amides is 2. The van der Waals surface area contributed by atoms with Crippen molar-refractivity contribution < 1.29 is 19.1 Å². The third-order valence-electron chi connectivity index (χ3n) is 5.35. The van der Waals surface area contributed by atoms with E-state index in [4.69, 9.17) is 9.47 Å². The van der Waals surface area contributed by atoms with Gasteiger partial charge in [0.2, 0.25) is 5.91 Å². The predicted octanol–water partition coefficient (Wildman–Crippen LogP) is 3.30. The molecule has 2 heterocycles. The van der Waals surface area contributed by atoms with Gasteiger partial charge in [-0.05, 0) is 61.2 Å². The zero-order chi connectivity index (χ0) is 20.1. The minimum atomic E-state index is -0.136. The first kappa shape index (κ1) is 19.5. The number of nitrogens with zero attached hydrogens (tertiary/aromatic N) is 1. The highest BCUT2D eigenvalue weighted by Gasteiger charge is 2.21. The Hall–Kier alpha value is -2.86. The Morgan fingerprint density at radius 1 is 1.10 bits per heavy atom. The maximum Gasteiger partial charge on any atom is 0.251 e. The van der Waals surface area contributed by atoms with E-state index in [1.54, 1.807) is 17.0 Å². The minimum Gasteiger partial charge on any atom is -0.491 e. The van der Waals surface area contributed by atoms with Crippen LogP contribution in [0.15, 0.2) is 48.5 Å². The van der Waals surface area contributed by atoms with E-state index in [0.29, 0.717) is 25.1 Å². The third kappa shape index (κ3) is 4.95. The van der Waals surface area contributed by atoms with Crippen molar-refractivity contribution in [2.24, 2.45) is 0 Å². The Labute approximate surface area is 170 Å². The van der Waals surface area contributed by atoms with Gasteiger partial charge in [-0.2, -0.15) is 0 Å². The van der Waals surface area contributed by atoms with Gasteiger partial charge >= 0.3 is 0 Å². The van der Waals surface area contributed by atoms with Crippen LogP contribution < -0.4 is 15.0 Å². The first-order chi connectivity index (χ1) is 14.2. The summed E-state index contributed by atoms with van der Waals surface area (Å²) in [7, 11) is 0. The van der Waals surface area contributed by atoms with Gasteiger partial charge in [-0.3, -0.25) is 9.59 Å². The molecule has 1 N–H and O–H groups in total. The summed E-state index contributed by atoms with van der Waals surface area (Å²) in [5.41, 5.74) is 2.43. The highest BCUT2D eigenvalue weighted by atomic mass is 16.5.